The highest BCUT2D eigenvalue weighted by molar-refractivity contribution is 7.99. The van der Waals surface area contributed by atoms with Gasteiger partial charge in [0.15, 0.2) is 11.0 Å². The van der Waals surface area contributed by atoms with Crippen LogP contribution < -0.4 is 10.1 Å². The van der Waals surface area contributed by atoms with Crippen LogP contribution in [0, 0.1) is 13.8 Å². The smallest absolute Gasteiger partial charge is 0.236 e. The minimum Gasteiger partial charge on any atom is -0.486 e. The molecule has 0 unspecified atom stereocenters. The number of hydrogen-bond acceptors (Lipinski definition) is 8. The van der Waals surface area contributed by atoms with Crippen molar-refractivity contribution >= 4 is 34.1 Å². The lowest BCUT2D eigenvalue weighted by atomic mass is 10.1. The molecule has 0 radical (unpaired) electrons. The zero-order valence-corrected chi connectivity index (χ0v) is 16.9. The number of hydrogen-bond donors (Lipinski definition) is 1. The molecule has 1 N–H and O–H groups in total. The Labute approximate surface area is 165 Å². The molecular weight excluding hydrogens is 384 g/mol. The van der Waals surface area contributed by atoms with Gasteiger partial charge in [-0.05, 0) is 44.0 Å². The Bertz CT molecular complexity index is 890. The van der Waals surface area contributed by atoms with Crippen molar-refractivity contribution in [1.29, 1.82) is 0 Å². The van der Waals surface area contributed by atoms with Crippen molar-refractivity contribution in [1.82, 2.24) is 25.0 Å². The lowest BCUT2D eigenvalue weighted by Crippen LogP contribution is -2.14. The second kappa shape index (κ2) is 8.96. The summed E-state index contributed by atoms with van der Waals surface area (Å²) in [4.78, 5) is 12.0. The average Bonchev–Trinajstić information content (AvgIpc) is 3.26. The highest BCUT2D eigenvalue weighted by Gasteiger charge is 2.14. The molecule has 10 heteroatoms. The van der Waals surface area contributed by atoms with Crippen molar-refractivity contribution in [2.75, 3.05) is 11.1 Å². The third-order valence-corrected chi connectivity index (χ3v) is 5.18. The van der Waals surface area contributed by atoms with Crippen LogP contribution in [-0.4, -0.2) is 36.6 Å². The van der Waals surface area contributed by atoms with Crippen molar-refractivity contribution in [2.24, 2.45) is 0 Å². The van der Waals surface area contributed by atoms with Gasteiger partial charge in [0.25, 0.3) is 0 Å². The molecule has 0 aliphatic carbocycles. The molecule has 142 valence electrons. The van der Waals surface area contributed by atoms with Crippen molar-refractivity contribution < 1.29 is 9.53 Å². The molecule has 0 bridgehead atoms. The Hall–Kier alpha value is -2.46. The SMILES string of the molecule is CCn1c(COc2cc(C)cc(C)c2)nnc1SCC(=O)Nc1nncs1. The predicted molar refractivity (Wildman–Crippen MR) is 105 cm³/mol. The summed E-state index contributed by atoms with van der Waals surface area (Å²) in [6.07, 6.45) is 0. The number of nitrogens with zero attached hydrogens (tertiary/aromatic N) is 5. The van der Waals surface area contributed by atoms with E-state index in [1.807, 2.05) is 37.5 Å². The summed E-state index contributed by atoms with van der Waals surface area (Å²) in [5.41, 5.74) is 3.87. The van der Waals surface area contributed by atoms with Gasteiger partial charge in [-0.25, -0.2) is 0 Å². The molecule has 0 saturated carbocycles. The third-order valence-electron chi connectivity index (χ3n) is 3.61. The number of ether oxygens (including phenoxy) is 1. The standard InChI is InChI=1S/C17H20N6O2S2/c1-4-23-14(8-25-13-6-11(2)5-12(3)7-13)20-22-17(23)26-9-15(24)19-16-21-18-10-27-16/h5-7,10H,4,8-9H2,1-3H3,(H,19,21,24). The van der Waals surface area contributed by atoms with E-state index in [4.69, 9.17) is 4.74 Å². The topological polar surface area (TPSA) is 94.8 Å². The fourth-order valence-corrected chi connectivity index (χ4v) is 3.81. The Morgan fingerprint density at radius 1 is 1.22 bits per heavy atom. The van der Waals surface area contributed by atoms with E-state index in [1.54, 1.807) is 5.51 Å². The monoisotopic (exact) mass is 404 g/mol. The number of thioether (sulfide) groups is 1. The molecule has 2 heterocycles. The predicted octanol–water partition coefficient (Wildman–Crippen LogP) is 3.08. The zero-order chi connectivity index (χ0) is 19.2. The Morgan fingerprint density at radius 2 is 2.00 bits per heavy atom. The molecule has 27 heavy (non-hydrogen) atoms. The molecule has 2 aromatic heterocycles. The minimum atomic E-state index is -0.157. The van der Waals surface area contributed by atoms with Crippen LogP contribution in [0.1, 0.15) is 23.9 Å². The summed E-state index contributed by atoms with van der Waals surface area (Å²) >= 11 is 2.61. The Balaban J connectivity index is 1.59. The Kier molecular flexibility index (Phi) is 6.40. The van der Waals surface area contributed by atoms with Gasteiger partial charge in [-0.1, -0.05) is 29.2 Å². The van der Waals surface area contributed by atoms with Crippen LogP contribution in [0.4, 0.5) is 5.13 Å². The molecule has 0 aliphatic heterocycles. The van der Waals surface area contributed by atoms with E-state index in [9.17, 15) is 4.79 Å². The van der Waals surface area contributed by atoms with Crippen LogP contribution in [0.15, 0.2) is 28.9 Å². The maximum Gasteiger partial charge on any atom is 0.236 e. The highest BCUT2D eigenvalue weighted by Crippen LogP contribution is 2.20. The van der Waals surface area contributed by atoms with Gasteiger partial charge in [0, 0.05) is 6.54 Å². The lowest BCUT2D eigenvalue weighted by molar-refractivity contribution is -0.113. The molecule has 3 aromatic rings. The number of anilines is 1. The molecule has 3 rings (SSSR count). The number of aryl methyl sites for hydroxylation is 2. The summed E-state index contributed by atoms with van der Waals surface area (Å²) in [5.74, 6) is 1.60. The molecule has 1 aromatic carbocycles. The number of benzene rings is 1. The molecule has 0 spiro atoms. The van der Waals surface area contributed by atoms with Crippen molar-refractivity contribution in [3.8, 4) is 5.75 Å². The van der Waals surface area contributed by atoms with E-state index >= 15 is 0 Å². The highest BCUT2D eigenvalue weighted by atomic mass is 32.2. The van der Waals surface area contributed by atoms with Gasteiger partial charge in [0.05, 0.1) is 5.75 Å². The first kappa shape index (κ1) is 19.3. The number of carbonyl (C=O) groups is 1. The van der Waals surface area contributed by atoms with E-state index < -0.39 is 0 Å². The van der Waals surface area contributed by atoms with E-state index in [2.05, 4.69) is 31.8 Å². The first-order valence-corrected chi connectivity index (χ1v) is 10.2. The summed E-state index contributed by atoms with van der Waals surface area (Å²) in [5, 5.41) is 19.8. The van der Waals surface area contributed by atoms with E-state index in [-0.39, 0.29) is 11.7 Å². The second-order valence-corrected chi connectivity index (χ2v) is 7.61. The molecule has 0 fully saturated rings. The quantitative estimate of drug-likeness (QED) is 0.577. The van der Waals surface area contributed by atoms with E-state index in [0.717, 1.165) is 22.7 Å². The molecule has 8 nitrogen and oxygen atoms in total. The summed E-state index contributed by atoms with van der Waals surface area (Å²) in [6.45, 7) is 7.10. The summed E-state index contributed by atoms with van der Waals surface area (Å²) in [6, 6.07) is 6.09. The third kappa shape index (κ3) is 5.27. The van der Waals surface area contributed by atoms with Crippen LogP contribution in [0.25, 0.3) is 0 Å². The fourth-order valence-electron chi connectivity index (χ4n) is 2.53. The molecule has 0 atom stereocenters. The number of nitrogens with one attached hydrogen (secondary N) is 1. The minimum absolute atomic E-state index is 0.157. The summed E-state index contributed by atoms with van der Waals surface area (Å²) in [7, 11) is 0. The van der Waals surface area contributed by atoms with Crippen LogP contribution >= 0.6 is 23.1 Å². The maximum absolute atomic E-state index is 12.0. The fraction of sp³-hybridized carbons (Fsp3) is 0.353. The number of carbonyl (C=O) groups excluding carboxylic acids is 1. The van der Waals surface area contributed by atoms with Crippen LogP contribution in [0.2, 0.25) is 0 Å². The van der Waals surface area contributed by atoms with Crippen LogP contribution in [0.5, 0.6) is 5.75 Å². The van der Waals surface area contributed by atoms with Gasteiger partial charge in [-0.2, -0.15) is 0 Å². The average molecular weight is 405 g/mol. The van der Waals surface area contributed by atoms with Crippen LogP contribution in [-0.2, 0) is 17.9 Å². The lowest BCUT2D eigenvalue weighted by Gasteiger charge is -2.10. The number of aromatic nitrogens is 5. The normalized spacial score (nSPS) is 10.8. The van der Waals surface area contributed by atoms with Gasteiger partial charge >= 0.3 is 0 Å². The molecule has 1 amide bonds. The number of rotatable bonds is 8. The van der Waals surface area contributed by atoms with Crippen LogP contribution in [0.3, 0.4) is 0 Å². The van der Waals surface area contributed by atoms with E-state index in [0.29, 0.717) is 23.4 Å². The van der Waals surface area contributed by atoms with Gasteiger partial charge in [-0.3, -0.25) is 10.1 Å². The van der Waals surface area contributed by atoms with Gasteiger partial charge in [-0.15, -0.1) is 20.4 Å². The van der Waals surface area contributed by atoms with Crippen molar-refractivity contribution in [2.45, 2.75) is 39.1 Å². The van der Waals surface area contributed by atoms with Crippen molar-refractivity contribution in [3.63, 3.8) is 0 Å². The van der Waals surface area contributed by atoms with Gasteiger partial charge in [0.1, 0.15) is 17.9 Å². The first-order chi connectivity index (χ1) is 13.0. The molecule has 0 saturated heterocycles. The summed E-state index contributed by atoms with van der Waals surface area (Å²) < 4.78 is 7.83. The number of amides is 1. The van der Waals surface area contributed by atoms with Gasteiger partial charge in [0.2, 0.25) is 11.0 Å². The first-order valence-electron chi connectivity index (χ1n) is 8.37. The zero-order valence-electron chi connectivity index (χ0n) is 15.3. The maximum atomic E-state index is 12.0. The second-order valence-electron chi connectivity index (χ2n) is 5.84. The van der Waals surface area contributed by atoms with Crippen molar-refractivity contribution in [3.05, 3.63) is 40.7 Å². The molecular formula is C17H20N6O2S2. The van der Waals surface area contributed by atoms with E-state index in [1.165, 1.54) is 23.1 Å². The van der Waals surface area contributed by atoms with Gasteiger partial charge < -0.3 is 9.30 Å². The molecule has 0 aliphatic rings. The Morgan fingerprint density at radius 3 is 2.67 bits per heavy atom. The largest absolute Gasteiger partial charge is 0.486 e.